The maximum Gasteiger partial charge on any atom is 0.252 e. The SMILES string of the molecule is Cc1ccc(N2C(=O)C(C)(C)NC(=O)C2C(C)C)cn1. The summed E-state index contributed by atoms with van der Waals surface area (Å²) in [4.78, 5) is 30.8. The van der Waals surface area contributed by atoms with Gasteiger partial charge in [-0.15, -0.1) is 0 Å². The molecular formula is C15H21N3O2. The van der Waals surface area contributed by atoms with Crippen molar-refractivity contribution in [2.75, 3.05) is 4.90 Å². The third kappa shape index (κ3) is 2.40. The zero-order chi connectivity index (χ0) is 15.1. The van der Waals surface area contributed by atoms with Crippen molar-refractivity contribution in [1.82, 2.24) is 10.3 Å². The Kier molecular flexibility index (Phi) is 3.54. The van der Waals surface area contributed by atoms with Crippen LogP contribution in [0.2, 0.25) is 0 Å². The molecule has 20 heavy (non-hydrogen) atoms. The highest BCUT2D eigenvalue weighted by molar-refractivity contribution is 6.10. The van der Waals surface area contributed by atoms with Crippen LogP contribution < -0.4 is 10.2 Å². The zero-order valence-corrected chi connectivity index (χ0v) is 12.6. The Morgan fingerprint density at radius 3 is 2.45 bits per heavy atom. The highest BCUT2D eigenvalue weighted by Gasteiger charge is 2.47. The van der Waals surface area contributed by atoms with Gasteiger partial charge in [0.15, 0.2) is 0 Å². The van der Waals surface area contributed by atoms with Gasteiger partial charge < -0.3 is 5.32 Å². The highest BCUT2D eigenvalue weighted by Crippen LogP contribution is 2.28. The number of anilines is 1. The molecule has 5 nitrogen and oxygen atoms in total. The lowest BCUT2D eigenvalue weighted by Crippen LogP contribution is -2.69. The van der Waals surface area contributed by atoms with E-state index in [0.29, 0.717) is 5.69 Å². The van der Waals surface area contributed by atoms with Gasteiger partial charge >= 0.3 is 0 Å². The first-order chi connectivity index (χ1) is 9.24. The fraction of sp³-hybridized carbons (Fsp3) is 0.533. The number of carbonyl (C=O) groups is 2. The van der Waals surface area contributed by atoms with Gasteiger partial charge in [-0.05, 0) is 38.8 Å². The molecule has 0 saturated carbocycles. The summed E-state index contributed by atoms with van der Waals surface area (Å²) >= 11 is 0. The van der Waals surface area contributed by atoms with Gasteiger partial charge in [0.1, 0.15) is 11.6 Å². The van der Waals surface area contributed by atoms with E-state index >= 15 is 0 Å². The number of piperazine rings is 1. The number of carbonyl (C=O) groups excluding carboxylic acids is 2. The lowest BCUT2D eigenvalue weighted by Gasteiger charge is -2.44. The van der Waals surface area contributed by atoms with Crippen LogP contribution in [0.3, 0.4) is 0 Å². The maximum absolute atomic E-state index is 12.7. The van der Waals surface area contributed by atoms with E-state index in [1.54, 1.807) is 24.9 Å². The standard InChI is InChI=1S/C15H21N3O2/c1-9(2)12-13(19)17-15(4,5)14(20)18(12)11-7-6-10(3)16-8-11/h6-9,12H,1-5H3,(H,17,19). The van der Waals surface area contributed by atoms with Crippen LogP contribution in [0.1, 0.15) is 33.4 Å². The molecule has 2 heterocycles. The molecule has 0 aliphatic carbocycles. The summed E-state index contributed by atoms with van der Waals surface area (Å²) in [7, 11) is 0. The molecule has 0 spiro atoms. The minimum absolute atomic E-state index is 0.0244. The Labute approximate surface area is 119 Å². The number of rotatable bonds is 2. The van der Waals surface area contributed by atoms with Crippen molar-refractivity contribution in [3.8, 4) is 0 Å². The van der Waals surface area contributed by atoms with Crippen molar-refractivity contribution in [3.05, 3.63) is 24.0 Å². The molecule has 2 amide bonds. The smallest absolute Gasteiger partial charge is 0.252 e. The summed E-state index contributed by atoms with van der Waals surface area (Å²) in [6.45, 7) is 9.20. The van der Waals surface area contributed by atoms with Gasteiger partial charge in [0, 0.05) is 5.69 Å². The summed E-state index contributed by atoms with van der Waals surface area (Å²) in [5.41, 5.74) is 0.651. The van der Waals surface area contributed by atoms with Gasteiger partial charge in [-0.2, -0.15) is 0 Å². The van der Waals surface area contributed by atoms with Gasteiger partial charge in [-0.1, -0.05) is 13.8 Å². The van der Waals surface area contributed by atoms with Crippen LogP contribution in [0, 0.1) is 12.8 Å². The summed E-state index contributed by atoms with van der Waals surface area (Å²) in [6, 6.07) is 3.18. The number of nitrogens with one attached hydrogen (secondary N) is 1. The number of pyridine rings is 1. The van der Waals surface area contributed by atoms with Crippen molar-refractivity contribution in [1.29, 1.82) is 0 Å². The number of aryl methyl sites for hydroxylation is 1. The first-order valence-corrected chi connectivity index (χ1v) is 6.82. The lowest BCUT2D eigenvalue weighted by atomic mass is 9.91. The largest absolute Gasteiger partial charge is 0.340 e. The second-order valence-electron chi connectivity index (χ2n) is 6.14. The van der Waals surface area contributed by atoms with Gasteiger partial charge in [0.25, 0.3) is 5.91 Å². The van der Waals surface area contributed by atoms with E-state index in [2.05, 4.69) is 10.3 Å². The van der Waals surface area contributed by atoms with Crippen molar-refractivity contribution < 1.29 is 9.59 Å². The summed E-state index contributed by atoms with van der Waals surface area (Å²) in [5, 5.41) is 2.80. The third-order valence-electron chi connectivity index (χ3n) is 3.54. The molecule has 0 aromatic carbocycles. The number of aromatic nitrogens is 1. The maximum atomic E-state index is 12.7. The summed E-state index contributed by atoms with van der Waals surface area (Å²) in [5.74, 6) is -0.206. The topological polar surface area (TPSA) is 62.3 Å². The van der Waals surface area contributed by atoms with Crippen LogP contribution in [0.5, 0.6) is 0 Å². The molecule has 1 aromatic heterocycles. The zero-order valence-electron chi connectivity index (χ0n) is 12.6. The second-order valence-corrected chi connectivity index (χ2v) is 6.14. The van der Waals surface area contributed by atoms with Crippen LogP contribution in [-0.4, -0.2) is 28.4 Å². The predicted molar refractivity (Wildman–Crippen MR) is 77.3 cm³/mol. The molecule has 1 N–H and O–H groups in total. The van der Waals surface area contributed by atoms with E-state index < -0.39 is 11.6 Å². The molecule has 1 aliphatic rings. The van der Waals surface area contributed by atoms with Crippen molar-refractivity contribution in [3.63, 3.8) is 0 Å². The molecule has 108 valence electrons. The number of nitrogens with zero attached hydrogens (tertiary/aromatic N) is 2. The van der Waals surface area contributed by atoms with Crippen LogP contribution >= 0.6 is 0 Å². The molecule has 1 aliphatic heterocycles. The first-order valence-electron chi connectivity index (χ1n) is 6.82. The van der Waals surface area contributed by atoms with E-state index in [1.165, 1.54) is 0 Å². The number of hydrogen-bond donors (Lipinski definition) is 1. The van der Waals surface area contributed by atoms with E-state index in [-0.39, 0.29) is 17.7 Å². The normalized spacial score (nSPS) is 22.1. The molecule has 2 rings (SSSR count). The van der Waals surface area contributed by atoms with Gasteiger partial charge in [-0.3, -0.25) is 19.5 Å². The van der Waals surface area contributed by atoms with Gasteiger partial charge in [-0.25, -0.2) is 0 Å². The quantitative estimate of drug-likeness (QED) is 0.892. The molecule has 1 unspecified atom stereocenters. The van der Waals surface area contributed by atoms with E-state index in [1.807, 2.05) is 32.9 Å². The number of hydrogen-bond acceptors (Lipinski definition) is 3. The molecule has 1 aromatic rings. The minimum atomic E-state index is -0.895. The molecule has 1 atom stereocenters. The average molecular weight is 275 g/mol. The van der Waals surface area contributed by atoms with Crippen molar-refractivity contribution in [2.45, 2.75) is 46.2 Å². The van der Waals surface area contributed by atoms with Gasteiger partial charge in [0.2, 0.25) is 5.91 Å². The predicted octanol–water partition coefficient (Wildman–Crippen LogP) is 1.66. The summed E-state index contributed by atoms with van der Waals surface area (Å²) in [6.07, 6.45) is 1.65. The molecule has 0 radical (unpaired) electrons. The second kappa shape index (κ2) is 4.89. The van der Waals surface area contributed by atoms with E-state index in [9.17, 15) is 9.59 Å². The van der Waals surface area contributed by atoms with Gasteiger partial charge in [0.05, 0.1) is 11.9 Å². The van der Waals surface area contributed by atoms with Crippen LogP contribution in [0.15, 0.2) is 18.3 Å². The molecular weight excluding hydrogens is 254 g/mol. The Bertz CT molecular complexity index is 535. The molecule has 5 heteroatoms. The van der Waals surface area contributed by atoms with Crippen LogP contribution in [0.4, 0.5) is 5.69 Å². The molecule has 0 bridgehead atoms. The van der Waals surface area contributed by atoms with Crippen LogP contribution in [0.25, 0.3) is 0 Å². The third-order valence-corrected chi connectivity index (χ3v) is 3.54. The minimum Gasteiger partial charge on any atom is -0.340 e. The van der Waals surface area contributed by atoms with Crippen molar-refractivity contribution in [2.24, 2.45) is 5.92 Å². The van der Waals surface area contributed by atoms with Crippen molar-refractivity contribution >= 4 is 17.5 Å². The fourth-order valence-electron chi connectivity index (χ4n) is 2.46. The highest BCUT2D eigenvalue weighted by atomic mass is 16.2. The monoisotopic (exact) mass is 275 g/mol. The Hall–Kier alpha value is -1.91. The molecule has 1 saturated heterocycles. The van der Waals surface area contributed by atoms with E-state index in [0.717, 1.165) is 5.69 Å². The fourth-order valence-corrected chi connectivity index (χ4v) is 2.46. The Morgan fingerprint density at radius 2 is 1.95 bits per heavy atom. The first kappa shape index (κ1) is 14.5. The van der Waals surface area contributed by atoms with E-state index in [4.69, 9.17) is 0 Å². The number of amides is 2. The Balaban J connectivity index is 2.50. The Morgan fingerprint density at radius 1 is 1.30 bits per heavy atom. The lowest BCUT2D eigenvalue weighted by molar-refractivity contribution is -0.138. The molecule has 1 fully saturated rings. The average Bonchev–Trinajstić information content (AvgIpc) is 2.33. The summed E-state index contributed by atoms with van der Waals surface area (Å²) < 4.78 is 0. The van der Waals surface area contributed by atoms with Crippen LogP contribution in [-0.2, 0) is 9.59 Å².